The molecule has 0 saturated heterocycles. The van der Waals surface area contributed by atoms with Gasteiger partial charge in [0.15, 0.2) is 0 Å². The highest BCUT2D eigenvalue weighted by atomic mass is 32.1. The van der Waals surface area contributed by atoms with Crippen LogP contribution in [0.5, 0.6) is 0 Å². The molecule has 24 rings (SSSR count). The molecule has 0 aliphatic heterocycles. The molecule has 0 N–H and O–H groups in total. The fourth-order valence-electron chi connectivity index (χ4n) is 19.7. The first-order chi connectivity index (χ1) is 55.6. The molecule has 3 aromatic heterocycles. The zero-order valence-electron chi connectivity index (χ0n) is 60.7. The highest BCUT2D eigenvalue weighted by Crippen LogP contribution is 2.59. The molecule has 0 radical (unpaired) electrons. The van der Waals surface area contributed by atoms with Crippen LogP contribution in [0.15, 0.2) is 397 Å². The van der Waals surface area contributed by atoms with Gasteiger partial charge in [0.05, 0.1) is 5.41 Å². The number of benzene rings is 20. The monoisotopic (exact) mass is 1440 g/mol. The molecule has 0 atom stereocenters. The second-order valence-corrected chi connectivity index (χ2v) is 31.3. The molecular weight excluding hydrogens is 1370 g/mol. The predicted molar refractivity (Wildman–Crippen MR) is 474 cm³/mol. The maximum atomic E-state index is 7.28. The summed E-state index contributed by atoms with van der Waals surface area (Å²) in [4.78, 5) is 0. The van der Waals surface area contributed by atoms with Gasteiger partial charge in [0.25, 0.3) is 0 Å². The average Bonchev–Trinajstić information content (AvgIpc) is 1.52. The second-order valence-electron chi connectivity index (χ2n) is 30.2. The van der Waals surface area contributed by atoms with Crippen LogP contribution >= 0.6 is 11.3 Å². The maximum Gasteiger partial charge on any atom is 0.143 e. The van der Waals surface area contributed by atoms with Gasteiger partial charge < -0.3 is 8.83 Å². The van der Waals surface area contributed by atoms with E-state index in [-0.39, 0.29) is 0 Å². The Balaban J connectivity index is 0.635. The molecule has 1 aliphatic rings. The smallest absolute Gasteiger partial charge is 0.143 e. The fraction of sp³-hybridized carbons (Fsp3) is 0.00917. The van der Waals surface area contributed by atoms with Crippen molar-refractivity contribution in [3.63, 3.8) is 0 Å². The SMILES string of the molecule is c1ccc(C2(c3ccccc3)c3cc(-c4ccc5cc(-c6c7ccccc7c(-c7ccc(-c8cccc9c8sc8ccccc89)c8oc9ccccc9c78)c7ccccc67)ccc5c4)ccc3-c3ccc(-c4ccc(-c5c6ccccc6c(-c6ccc7ccccc7c6)c6ccccc56)c5c4oc4ccccc45)cc32)cc1. The number of furan rings is 2. The Labute approximate surface area is 649 Å². The minimum absolute atomic E-state index is 0.694. The summed E-state index contributed by atoms with van der Waals surface area (Å²) in [6.45, 7) is 0. The lowest BCUT2D eigenvalue weighted by atomic mass is 9.67. The van der Waals surface area contributed by atoms with Crippen molar-refractivity contribution in [2.45, 2.75) is 5.41 Å². The lowest BCUT2D eigenvalue weighted by molar-refractivity contribution is 0.669. The van der Waals surface area contributed by atoms with Crippen LogP contribution in [0.4, 0.5) is 0 Å². The summed E-state index contributed by atoms with van der Waals surface area (Å²) in [5.41, 5.74) is 26.5. The highest BCUT2D eigenvalue weighted by molar-refractivity contribution is 7.26. The molecule has 0 amide bonds. The molecule has 0 spiro atoms. The van der Waals surface area contributed by atoms with Crippen molar-refractivity contribution in [3.05, 3.63) is 411 Å². The first-order valence-electron chi connectivity index (χ1n) is 38.7. The van der Waals surface area contributed by atoms with E-state index in [0.29, 0.717) is 0 Å². The molecule has 0 fully saturated rings. The van der Waals surface area contributed by atoms with Crippen LogP contribution in [-0.2, 0) is 5.41 Å². The Bertz CT molecular complexity index is 7790. The second kappa shape index (κ2) is 24.4. The molecule has 112 heavy (non-hydrogen) atoms. The van der Waals surface area contributed by atoms with Gasteiger partial charge in [-0.1, -0.05) is 328 Å². The largest absolute Gasteiger partial charge is 0.455 e. The summed E-state index contributed by atoms with van der Waals surface area (Å²) < 4.78 is 16.9. The quantitative estimate of drug-likeness (QED) is 0.135. The normalized spacial score (nSPS) is 12.7. The summed E-state index contributed by atoms with van der Waals surface area (Å²) in [5.74, 6) is 0. The van der Waals surface area contributed by atoms with Crippen LogP contribution in [0.25, 0.3) is 218 Å². The number of fused-ring (bicyclic) bond motifs is 18. The Kier molecular flexibility index (Phi) is 13.7. The van der Waals surface area contributed by atoms with Crippen molar-refractivity contribution in [2.24, 2.45) is 0 Å². The number of rotatable bonds is 9. The van der Waals surface area contributed by atoms with Gasteiger partial charge in [0.2, 0.25) is 0 Å². The van der Waals surface area contributed by atoms with Crippen molar-refractivity contribution >= 4 is 140 Å². The van der Waals surface area contributed by atoms with Crippen LogP contribution in [0.3, 0.4) is 0 Å². The number of thiophene rings is 1. The summed E-state index contributed by atoms with van der Waals surface area (Å²) in [5, 5.41) is 21.5. The van der Waals surface area contributed by atoms with E-state index in [2.05, 4.69) is 388 Å². The lowest BCUT2D eigenvalue weighted by Crippen LogP contribution is -2.28. The zero-order valence-corrected chi connectivity index (χ0v) is 61.5. The number of hydrogen-bond donors (Lipinski definition) is 0. The van der Waals surface area contributed by atoms with E-state index in [1.165, 1.54) is 157 Å². The summed E-state index contributed by atoms with van der Waals surface area (Å²) in [6, 6.07) is 145. The van der Waals surface area contributed by atoms with Crippen molar-refractivity contribution in [2.75, 3.05) is 0 Å². The summed E-state index contributed by atoms with van der Waals surface area (Å²) in [6.07, 6.45) is 0. The van der Waals surface area contributed by atoms with Gasteiger partial charge in [-0.05, 0) is 220 Å². The minimum atomic E-state index is -0.694. The van der Waals surface area contributed by atoms with Crippen molar-refractivity contribution < 1.29 is 8.83 Å². The van der Waals surface area contributed by atoms with Gasteiger partial charge in [-0.15, -0.1) is 11.3 Å². The standard InChI is InChI=1S/C109H64O2S/c1-3-26-74(27-4-1)109(75-28-5-2-6-29-75)95-63-70(52-54-77(95)78-55-53-71(64-96(78)109)76-56-58-93(104-91-39-17-20-43-97(91)110-106(76)104)102-84-35-13-9-31-80(84)100(81-32-10-14-36-85(81)102)72-50-46-65-24-7-8-25-66(65)61-72)68-47-48-69-62-73(51-49-67(69)60-68)101-82-33-11-15-37-86(82)103(87-38-16-12-34-83(87)101)94-59-57-88(107-105(94)92-40-18-21-44-98(92)111-107)90-42-23-41-89-79-30-19-22-45-99(79)112-108(89)90/h1-64H. The molecule has 518 valence electrons. The van der Waals surface area contributed by atoms with E-state index < -0.39 is 5.41 Å². The first-order valence-corrected chi connectivity index (χ1v) is 39.5. The van der Waals surface area contributed by atoms with Crippen LogP contribution in [0.1, 0.15) is 22.3 Å². The van der Waals surface area contributed by atoms with Gasteiger partial charge in [-0.2, -0.15) is 0 Å². The summed E-state index contributed by atoms with van der Waals surface area (Å²) in [7, 11) is 0. The molecule has 3 heterocycles. The molecule has 3 heteroatoms. The molecule has 23 aromatic rings. The Morgan fingerprint density at radius 2 is 0.562 bits per heavy atom. The Hall–Kier alpha value is -14.2. The van der Waals surface area contributed by atoms with E-state index in [1.807, 2.05) is 11.3 Å². The number of hydrogen-bond acceptors (Lipinski definition) is 3. The van der Waals surface area contributed by atoms with Crippen LogP contribution in [0, 0.1) is 0 Å². The third-order valence-electron chi connectivity index (χ3n) is 24.5. The van der Waals surface area contributed by atoms with Crippen molar-refractivity contribution in [1.82, 2.24) is 0 Å². The van der Waals surface area contributed by atoms with Crippen molar-refractivity contribution in [1.29, 1.82) is 0 Å². The van der Waals surface area contributed by atoms with Crippen LogP contribution < -0.4 is 0 Å². The summed E-state index contributed by atoms with van der Waals surface area (Å²) >= 11 is 1.86. The molecule has 0 unspecified atom stereocenters. The van der Waals surface area contributed by atoms with E-state index >= 15 is 0 Å². The average molecular weight is 1440 g/mol. The maximum absolute atomic E-state index is 7.28. The highest BCUT2D eigenvalue weighted by Gasteiger charge is 2.47. The van der Waals surface area contributed by atoms with E-state index in [9.17, 15) is 0 Å². The first kappa shape index (κ1) is 62.8. The molecule has 20 aromatic carbocycles. The molecule has 0 bridgehead atoms. The third-order valence-corrected chi connectivity index (χ3v) is 25.7. The van der Waals surface area contributed by atoms with Crippen molar-refractivity contribution in [3.8, 4) is 89.0 Å². The zero-order chi connectivity index (χ0) is 73.3. The lowest BCUT2D eigenvalue weighted by Gasteiger charge is -2.34. The molecule has 0 saturated carbocycles. The molecular formula is C109H64O2S. The topological polar surface area (TPSA) is 26.3 Å². The van der Waals surface area contributed by atoms with Crippen LogP contribution in [0.2, 0.25) is 0 Å². The minimum Gasteiger partial charge on any atom is -0.455 e. The van der Waals surface area contributed by atoms with Gasteiger partial charge in [-0.25, -0.2) is 0 Å². The van der Waals surface area contributed by atoms with Gasteiger partial charge >= 0.3 is 0 Å². The van der Waals surface area contributed by atoms with Gasteiger partial charge in [0, 0.05) is 58.4 Å². The number of para-hydroxylation sites is 2. The molecule has 1 aliphatic carbocycles. The van der Waals surface area contributed by atoms with E-state index in [1.54, 1.807) is 0 Å². The van der Waals surface area contributed by atoms with Gasteiger partial charge in [0.1, 0.15) is 22.3 Å². The van der Waals surface area contributed by atoms with Gasteiger partial charge in [-0.3, -0.25) is 0 Å². The fourth-order valence-corrected chi connectivity index (χ4v) is 20.9. The Morgan fingerprint density at radius 3 is 1.11 bits per heavy atom. The Morgan fingerprint density at radius 1 is 0.205 bits per heavy atom. The van der Waals surface area contributed by atoms with Crippen LogP contribution in [-0.4, -0.2) is 0 Å². The van der Waals surface area contributed by atoms with E-state index in [0.717, 1.165) is 82.8 Å². The molecule has 2 nitrogen and oxygen atoms in total. The predicted octanol–water partition coefficient (Wildman–Crippen LogP) is 30.8. The third kappa shape index (κ3) is 9.14. The van der Waals surface area contributed by atoms with E-state index in [4.69, 9.17) is 8.83 Å².